The van der Waals surface area contributed by atoms with E-state index in [0.717, 1.165) is 38.5 Å². The molecule has 3 N–H and O–H groups in total. The second-order valence-corrected chi connectivity index (χ2v) is 12.7. The number of rotatable bonds is 13. The molecule has 0 unspecified atom stereocenters. The molecule has 0 bridgehead atoms. The number of aromatic nitrogens is 4. The zero-order chi connectivity index (χ0) is 32.8. The Labute approximate surface area is 267 Å². The van der Waals surface area contributed by atoms with E-state index in [1.54, 1.807) is 48.7 Å². The zero-order valence-corrected chi connectivity index (χ0v) is 26.6. The minimum Gasteiger partial charge on any atom is -0.388 e. The van der Waals surface area contributed by atoms with E-state index in [2.05, 4.69) is 21.6 Å². The summed E-state index contributed by atoms with van der Waals surface area (Å²) < 4.78 is 28.2. The van der Waals surface area contributed by atoms with Crippen molar-refractivity contribution in [3.63, 3.8) is 0 Å². The Kier molecular flexibility index (Phi) is 10.4. The van der Waals surface area contributed by atoms with Crippen LogP contribution in [0.2, 0.25) is 0 Å². The van der Waals surface area contributed by atoms with Gasteiger partial charge >= 0.3 is 5.76 Å². The van der Waals surface area contributed by atoms with Gasteiger partial charge < -0.3 is 15.3 Å². The third-order valence-corrected chi connectivity index (χ3v) is 8.43. The highest BCUT2D eigenvalue weighted by atomic mass is 19.1. The standard InChI is InChI=1S/C35H42FN5O5/c1-4-5-10-30-28(33(42)41(31(38-30)17-18-37)23-12-14-24(15-13-23)45-21-35(2,3)44)19-22-11-16-26(29(36)20-22)25-8-6-7-9-27(25)32-39-34(43)46-40-32/h6-9,11,16,18,20,23-24,37,44H,4-5,10,12-15,17,19,21H2,1-3H3,(H,39,40,43). The molecule has 46 heavy (non-hydrogen) atoms. The largest absolute Gasteiger partial charge is 0.439 e. The van der Waals surface area contributed by atoms with Crippen LogP contribution in [0.5, 0.6) is 0 Å². The molecule has 1 fully saturated rings. The second kappa shape index (κ2) is 14.5. The first kappa shape index (κ1) is 33.2. The van der Waals surface area contributed by atoms with E-state index in [4.69, 9.17) is 15.1 Å². The third kappa shape index (κ3) is 7.76. The molecule has 0 saturated heterocycles. The van der Waals surface area contributed by atoms with Crippen LogP contribution in [0.25, 0.3) is 22.5 Å². The molecule has 0 radical (unpaired) electrons. The Bertz CT molecular complexity index is 1780. The summed E-state index contributed by atoms with van der Waals surface area (Å²) in [5, 5.41) is 21.6. The zero-order valence-electron chi connectivity index (χ0n) is 26.6. The van der Waals surface area contributed by atoms with Gasteiger partial charge in [0.2, 0.25) is 0 Å². The van der Waals surface area contributed by atoms with Crippen molar-refractivity contribution < 1.29 is 18.8 Å². The lowest BCUT2D eigenvalue weighted by Crippen LogP contribution is -2.37. The first-order valence-corrected chi connectivity index (χ1v) is 16.0. The molecule has 1 aliphatic carbocycles. The minimum atomic E-state index is -0.906. The second-order valence-electron chi connectivity index (χ2n) is 12.7. The quantitative estimate of drug-likeness (QED) is 0.158. The molecule has 11 heteroatoms. The predicted molar refractivity (Wildman–Crippen MR) is 174 cm³/mol. The van der Waals surface area contributed by atoms with Crippen LogP contribution in [0.15, 0.2) is 56.6 Å². The highest BCUT2D eigenvalue weighted by Gasteiger charge is 2.28. The van der Waals surface area contributed by atoms with E-state index in [-0.39, 0.29) is 43.0 Å². The van der Waals surface area contributed by atoms with Gasteiger partial charge in [-0.15, -0.1) is 0 Å². The van der Waals surface area contributed by atoms with Crippen LogP contribution in [0, 0.1) is 11.2 Å². The van der Waals surface area contributed by atoms with Crippen LogP contribution >= 0.6 is 0 Å². The number of hydrogen-bond donors (Lipinski definition) is 3. The summed E-state index contributed by atoms with van der Waals surface area (Å²) in [6, 6.07) is 11.9. The Morgan fingerprint density at radius 1 is 1.13 bits per heavy atom. The van der Waals surface area contributed by atoms with Crippen molar-refractivity contribution in [2.24, 2.45) is 0 Å². The number of aryl methyl sites for hydroxylation is 1. The van der Waals surface area contributed by atoms with Crippen molar-refractivity contribution in [1.82, 2.24) is 19.7 Å². The maximum atomic E-state index is 15.8. The normalized spacial score (nSPS) is 16.9. The van der Waals surface area contributed by atoms with E-state index >= 15 is 4.39 Å². The predicted octanol–water partition coefficient (Wildman–Crippen LogP) is 5.79. The molecule has 0 spiro atoms. The van der Waals surface area contributed by atoms with Crippen molar-refractivity contribution in [1.29, 1.82) is 5.41 Å². The van der Waals surface area contributed by atoms with Crippen molar-refractivity contribution >= 4 is 6.21 Å². The average Bonchev–Trinajstić information content (AvgIpc) is 3.47. The number of ether oxygens (including phenoxy) is 1. The van der Waals surface area contributed by atoms with Gasteiger partial charge in [0, 0.05) is 41.8 Å². The topological polar surface area (TPSA) is 147 Å². The molecule has 0 aliphatic heterocycles. The van der Waals surface area contributed by atoms with Crippen molar-refractivity contribution in [2.45, 2.75) is 96.3 Å². The monoisotopic (exact) mass is 631 g/mol. The smallest absolute Gasteiger partial charge is 0.388 e. The molecule has 2 aromatic carbocycles. The molecule has 1 aliphatic rings. The van der Waals surface area contributed by atoms with Crippen LogP contribution in [-0.2, 0) is 24.0 Å². The average molecular weight is 632 g/mol. The Morgan fingerprint density at radius 2 is 1.87 bits per heavy atom. The van der Waals surface area contributed by atoms with E-state index in [1.807, 2.05) is 6.07 Å². The fourth-order valence-electron chi connectivity index (χ4n) is 6.16. The van der Waals surface area contributed by atoms with E-state index in [1.165, 1.54) is 12.3 Å². The Morgan fingerprint density at radius 3 is 2.50 bits per heavy atom. The SMILES string of the molecule is CCCCc1nc(CC=N)n(C2CCC(OCC(C)(C)O)CC2)c(=O)c1Cc1ccc(-c2ccccc2-c2noc(=O)[nH]2)c(F)c1. The van der Waals surface area contributed by atoms with Gasteiger partial charge in [0.1, 0.15) is 11.6 Å². The molecular weight excluding hydrogens is 589 g/mol. The van der Waals surface area contributed by atoms with Crippen LogP contribution < -0.4 is 11.3 Å². The van der Waals surface area contributed by atoms with Gasteiger partial charge in [0.25, 0.3) is 5.56 Å². The van der Waals surface area contributed by atoms with Gasteiger partial charge in [-0.25, -0.2) is 14.2 Å². The van der Waals surface area contributed by atoms with Crippen molar-refractivity contribution in [3.8, 4) is 22.5 Å². The molecule has 2 aromatic heterocycles. The number of H-pyrrole nitrogens is 1. The minimum absolute atomic E-state index is 0.0111. The molecule has 5 rings (SSSR count). The summed E-state index contributed by atoms with van der Waals surface area (Å²) in [5.74, 6) is -0.375. The summed E-state index contributed by atoms with van der Waals surface area (Å²) in [6.45, 7) is 5.77. The van der Waals surface area contributed by atoms with Gasteiger partial charge in [0.05, 0.1) is 24.0 Å². The first-order valence-electron chi connectivity index (χ1n) is 16.0. The number of unbranched alkanes of at least 4 members (excludes halogenated alkanes) is 1. The molecule has 0 atom stereocenters. The summed E-state index contributed by atoms with van der Waals surface area (Å²) in [6.07, 6.45) is 7.10. The summed E-state index contributed by atoms with van der Waals surface area (Å²) in [4.78, 5) is 33.4. The highest BCUT2D eigenvalue weighted by Crippen LogP contribution is 2.33. The van der Waals surface area contributed by atoms with Gasteiger partial charge in [-0.3, -0.25) is 18.9 Å². The van der Waals surface area contributed by atoms with Crippen LogP contribution in [0.3, 0.4) is 0 Å². The lowest BCUT2D eigenvalue weighted by Gasteiger charge is -2.32. The highest BCUT2D eigenvalue weighted by molar-refractivity contribution is 5.80. The van der Waals surface area contributed by atoms with Gasteiger partial charge in [-0.2, -0.15) is 0 Å². The van der Waals surface area contributed by atoms with Gasteiger partial charge in [-0.05, 0) is 69.6 Å². The fraction of sp³-hybridized carbons (Fsp3) is 0.457. The number of halogens is 1. The number of nitrogens with zero attached hydrogens (tertiary/aromatic N) is 3. The maximum Gasteiger partial charge on any atom is 0.439 e. The van der Waals surface area contributed by atoms with Gasteiger partial charge in [-0.1, -0.05) is 54.9 Å². The van der Waals surface area contributed by atoms with Crippen molar-refractivity contribution in [2.75, 3.05) is 6.61 Å². The molecule has 244 valence electrons. The molecule has 4 aromatic rings. The number of nitrogens with one attached hydrogen (secondary N) is 2. The number of hydrogen-bond acceptors (Lipinski definition) is 8. The fourth-order valence-corrected chi connectivity index (χ4v) is 6.16. The lowest BCUT2D eigenvalue weighted by atomic mass is 9.91. The van der Waals surface area contributed by atoms with E-state index < -0.39 is 17.2 Å². The Hall–Kier alpha value is -4.22. The van der Waals surface area contributed by atoms with E-state index in [9.17, 15) is 14.7 Å². The summed E-state index contributed by atoms with van der Waals surface area (Å²) in [5.41, 5.74) is 2.25. The number of aromatic amines is 1. The molecule has 0 amide bonds. The molecule has 2 heterocycles. The summed E-state index contributed by atoms with van der Waals surface area (Å²) in [7, 11) is 0. The van der Waals surface area contributed by atoms with E-state index in [0.29, 0.717) is 45.8 Å². The van der Waals surface area contributed by atoms with Crippen molar-refractivity contribution in [3.05, 3.63) is 91.8 Å². The molecule has 1 saturated carbocycles. The molecule has 10 nitrogen and oxygen atoms in total. The number of benzene rings is 2. The first-order chi connectivity index (χ1) is 22.1. The van der Waals surface area contributed by atoms with Gasteiger partial charge in [0.15, 0.2) is 5.82 Å². The molecular formula is C35H42FN5O5. The van der Waals surface area contributed by atoms with Crippen LogP contribution in [0.1, 0.15) is 88.0 Å². The van der Waals surface area contributed by atoms with Crippen LogP contribution in [-0.4, -0.2) is 49.3 Å². The Balaban J connectivity index is 1.47. The summed E-state index contributed by atoms with van der Waals surface area (Å²) >= 11 is 0. The lowest BCUT2D eigenvalue weighted by molar-refractivity contribution is -0.0656. The van der Waals surface area contributed by atoms with Crippen LogP contribution in [0.4, 0.5) is 4.39 Å². The third-order valence-electron chi connectivity index (χ3n) is 8.43. The number of aliphatic hydroxyl groups is 1. The maximum absolute atomic E-state index is 15.8.